The number of non-ortho nitro benzene ring substituents is 1. The van der Waals surface area contributed by atoms with Crippen LogP contribution in [-0.2, 0) is 11.3 Å². The van der Waals surface area contributed by atoms with Crippen LogP contribution in [0.25, 0.3) is 0 Å². The van der Waals surface area contributed by atoms with Gasteiger partial charge in [0.25, 0.3) is 5.69 Å². The Bertz CT molecular complexity index is 597. The van der Waals surface area contributed by atoms with Gasteiger partial charge >= 0.3 is 0 Å². The van der Waals surface area contributed by atoms with Crippen LogP contribution in [0.1, 0.15) is 44.1 Å². The molecule has 144 valence electrons. The number of benzene rings is 1. The number of hydrogen-bond donors (Lipinski definition) is 2. The van der Waals surface area contributed by atoms with E-state index in [0.717, 1.165) is 37.5 Å². The van der Waals surface area contributed by atoms with Crippen LogP contribution in [0, 0.1) is 10.1 Å². The Balaban J connectivity index is 0.00000243. The normalized spacial score (nSPS) is 20.6. The van der Waals surface area contributed by atoms with E-state index in [2.05, 4.69) is 15.6 Å². The van der Waals surface area contributed by atoms with Crippen molar-refractivity contribution in [3.63, 3.8) is 0 Å². The number of halogens is 1. The lowest BCUT2D eigenvalue weighted by Gasteiger charge is -2.19. The average Bonchev–Trinajstić information content (AvgIpc) is 3.31. The van der Waals surface area contributed by atoms with Crippen molar-refractivity contribution in [2.75, 3.05) is 13.2 Å². The summed E-state index contributed by atoms with van der Waals surface area (Å²) in [7, 11) is 0. The highest BCUT2D eigenvalue weighted by atomic mass is 127. The topological polar surface area (TPSA) is 88.8 Å². The van der Waals surface area contributed by atoms with Crippen LogP contribution in [0.2, 0.25) is 0 Å². The Hall–Kier alpha value is -1.42. The zero-order valence-electron chi connectivity index (χ0n) is 14.9. The first kappa shape index (κ1) is 20.9. The van der Waals surface area contributed by atoms with E-state index in [4.69, 9.17) is 4.74 Å². The van der Waals surface area contributed by atoms with E-state index in [-0.39, 0.29) is 40.7 Å². The third kappa shape index (κ3) is 6.39. The predicted molar refractivity (Wildman–Crippen MR) is 112 cm³/mol. The van der Waals surface area contributed by atoms with Crippen LogP contribution in [0.3, 0.4) is 0 Å². The van der Waals surface area contributed by atoms with Crippen molar-refractivity contribution in [1.82, 2.24) is 10.6 Å². The molecule has 0 spiro atoms. The summed E-state index contributed by atoms with van der Waals surface area (Å²) in [5.74, 6) is 0.806. The fraction of sp³-hybridized carbons (Fsp3) is 0.611. The van der Waals surface area contributed by atoms with Crippen molar-refractivity contribution in [2.24, 2.45) is 4.99 Å². The minimum Gasteiger partial charge on any atom is -0.376 e. The molecule has 1 saturated carbocycles. The molecule has 1 aromatic rings. The first-order valence-electron chi connectivity index (χ1n) is 9.10. The maximum Gasteiger partial charge on any atom is 0.269 e. The van der Waals surface area contributed by atoms with Crippen molar-refractivity contribution in [2.45, 2.75) is 57.2 Å². The summed E-state index contributed by atoms with van der Waals surface area (Å²) in [4.78, 5) is 15.0. The van der Waals surface area contributed by atoms with Gasteiger partial charge in [-0.05, 0) is 31.2 Å². The lowest BCUT2D eigenvalue weighted by Crippen LogP contribution is -2.45. The minimum absolute atomic E-state index is 0. The van der Waals surface area contributed by atoms with Gasteiger partial charge in [-0.15, -0.1) is 24.0 Å². The maximum atomic E-state index is 10.7. The van der Waals surface area contributed by atoms with Crippen LogP contribution in [0.4, 0.5) is 5.69 Å². The van der Waals surface area contributed by atoms with Gasteiger partial charge < -0.3 is 15.4 Å². The molecule has 1 aromatic carbocycles. The van der Waals surface area contributed by atoms with Crippen LogP contribution >= 0.6 is 24.0 Å². The van der Waals surface area contributed by atoms with Gasteiger partial charge in [0.2, 0.25) is 0 Å². The molecule has 1 saturated heterocycles. The highest BCUT2D eigenvalue weighted by Gasteiger charge is 2.19. The second-order valence-corrected chi connectivity index (χ2v) is 6.73. The van der Waals surface area contributed by atoms with Crippen LogP contribution in [0.15, 0.2) is 29.3 Å². The largest absolute Gasteiger partial charge is 0.376 e. The Morgan fingerprint density at radius 3 is 2.54 bits per heavy atom. The molecule has 1 aliphatic carbocycles. The number of nitro groups is 1. The number of ether oxygens (including phenoxy) is 1. The number of aliphatic imine (C=N–C) groups is 1. The van der Waals surface area contributed by atoms with Gasteiger partial charge in [0.05, 0.1) is 17.6 Å². The molecule has 0 amide bonds. The summed E-state index contributed by atoms with van der Waals surface area (Å²) in [6.45, 7) is 2.10. The van der Waals surface area contributed by atoms with E-state index in [0.29, 0.717) is 12.6 Å². The molecule has 0 aromatic heterocycles. The molecule has 1 unspecified atom stereocenters. The second-order valence-electron chi connectivity index (χ2n) is 6.73. The third-order valence-corrected chi connectivity index (χ3v) is 4.78. The molecule has 8 heteroatoms. The van der Waals surface area contributed by atoms with E-state index in [1.807, 2.05) is 0 Å². The first-order valence-corrected chi connectivity index (χ1v) is 9.10. The second kappa shape index (κ2) is 10.7. The molecule has 7 nitrogen and oxygen atoms in total. The number of nitrogens with zero attached hydrogens (tertiary/aromatic N) is 2. The molecular formula is C18H27IN4O3. The van der Waals surface area contributed by atoms with Gasteiger partial charge in [0, 0.05) is 31.3 Å². The molecule has 3 rings (SSSR count). The summed E-state index contributed by atoms with van der Waals surface area (Å²) in [6, 6.07) is 7.04. The predicted octanol–water partition coefficient (Wildman–Crippen LogP) is 3.37. The van der Waals surface area contributed by atoms with Gasteiger partial charge in [0.1, 0.15) is 0 Å². The molecule has 26 heavy (non-hydrogen) atoms. The standard InChI is InChI=1S/C18H26N4O3.HI/c23-22(24)16-9-7-14(8-10-16)12-19-18(21-15-4-1-2-5-15)20-13-17-6-3-11-25-17;/h7-10,15,17H,1-6,11-13H2,(H2,19,20,21);1H. The molecular weight excluding hydrogens is 447 g/mol. The monoisotopic (exact) mass is 474 g/mol. The number of guanidine groups is 1. The quantitative estimate of drug-likeness (QED) is 0.217. The van der Waals surface area contributed by atoms with Crippen LogP contribution in [0.5, 0.6) is 0 Å². The minimum atomic E-state index is -0.386. The Morgan fingerprint density at radius 2 is 1.92 bits per heavy atom. The van der Waals surface area contributed by atoms with Gasteiger partial charge in [-0.3, -0.25) is 10.1 Å². The molecule has 2 fully saturated rings. The van der Waals surface area contributed by atoms with E-state index in [1.165, 1.54) is 37.8 Å². The highest BCUT2D eigenvalue weighted by Crippen LogP contribution is 2.18. The van der Waals surface area contributed by atoms with Gasteiger partial charge in [-0.2, -0.15) is 0 Å². The van der Waals surface area contributed by atoms with Crippen molar-refractivity contribution in [3.8, 4) is 0 Å². The van der Waals surface area contributed by atoms with Gasteiger partial charge in [0.15, 0.2) is 5.96 Å². The molecule has 0 radical (unpaired) electrons. The molecule has 1 aliphatic heterocycles. The third-order valence-electron chi connectivity index (χ3n) is 4.78. The smallest absolute Gasteiger partial charge is 0.269 e. The summed E-state index contributed by atoms with van der Waals surface area (Å²) >= 11 is 0. The van der Waals surface area contributed by atoms with E-state index >= 15 is 0 Å². The molecule has 2 aliphatic rings. The lowest BCUT2D eigenvalue weighted by atomic mass is 10.2. The fourth-order valence-electron chi connectivity index (χ4n) is 3.33. The molecule has 1 atom stereocenters. The van der Waals surface area contributed by atoms with Crippen molar-refractivity contribution < 1.29 is 9.66 Å². The first-order chi connectivity index (χ1) is 12.2. The van der Waals surface area contributed by atoms with Crippen molar-refractivity contribution in [1.29, 1.82) is 0 Å². The maximum absolute atomic E-state index is 10.7. The average molecular weight is 474 g/mol. The molecule has 1 heterocycles. The summed E-state index contributed by atoms with van der Waals surface area (Å²) in [5.41, 5.74) is 1.06. The summed E-state index contributed by atoms with van der Waals surface area (Å²) < 4.78 is 5.66. The highest BCUT2D eigenvalue weighted by molar-refractivity contribution is 14.0. The van der Waals surface area contributed by atoms with Crippen molar-refractivity contribution in [3.05, 3.63) is 39.9 Å². The Morgan fingerprint density at radius 1 is 1.19 bits per heavy atom. The summed E-state index contributed by atoms with van der Waals surface area (Å²) in [5, 5.41) is 17.6. The van der Waals surface area contributed by atoms with Gasteiger partial charge in [-0.25, -0.2) is 4.99 Å². The zero-order chi connectivity index (χ0) is 17.5. The number of nitrogens with one attached hydrogen (secondary N) is 2. The number of hydrogen-bond acceptors (Lipinski definition) is 4. The van der Waals surface area contributed by atoms with Crippen LogP contribution < -0.4 is 10.6 Å². The molecule has 2 N–H and O–H groups in total. The fourth-order valence-corrected chi connectivity index (χ4v) is 3.33. The molecule has 0 bridgehead atoms. The van der Waals surface area contributed by atoms with E-state index in [1.54, 1.807) is 12.1 Å². The number of rotatable bonds is 6. The van der Waals surface area contributed by atoms with Crippen LogP contribution in [-0.4, -0.2) is 36.2 Å². The van der Waals surface area contributed by atoms with E-state index in [9.17, 15) is 10.1 Å². The Labute approximate surface area is 171 Å². The van der Waals surface area contributed by atoms with Crippen molar-refractivity contribution >= 4 is 35.6 Å². The van der Waals surface area contributed by atoms with E-state index < -0.39 is 0 Å². The van der Waals surface area contributed by atoms with Gasteiger partial charge in [-0.1, -0.05) is 25.0 Å². The number of nitro benzene ring substituents is 1. The zero-order valence-corrected chi connectivity index (χ0v) is 17.2. The summed E-state index contributed by atoms with van der Waals surface area (Å²) in [6.07, 6.45) is 7.35. The SMILES string of the molecule is I.O=[N+]([O-])c1ccc(CN=C(NCC2CCCO2)NC2CCCC2)cc1. The lowest BCUT2D eigenvalue weighted by molar-refractivity contribution is -0.384. The Kier molecular flexibility index (Phi) is 8.56.